The molecule has 1 unspecified atom stereocenters. The monoisotopic (exact) mass is 237 g/mol. The van der Waals surface area contributed by atoms with Crippen molar-refractivity contribution in [2.24, 2.45) is 5.92 Å². The smallest absolute Gasteiger partial charge is 0.219 e. The summed E-state index contributed by atoms with van der Waals surface area (Å²) in [4.78, 5) is 8.46. The maximum Gasteiger partial charge on any atom is 0.219 e. The number of rotatable bonds is 6. The maximum atomic E-state index is 5.22. The predicted molar refractivity (Wildman–Crippen MR) is 69.3 cm³/mol. The minimum Gasteiger partial charge on any atom is -0.481 e. The Bertz CT molecular complexity index is 353. The van der Waals surface area contributed by atoms with Gasteiger partial charge in [0.15, 0.2) is 0 Å². The molecule has 0 aromatic carbocycles. The lowest BCUT2D eigenvalue weighted by Crippen LogP contribution is -2.36. The molecule has 1 aromatic heterocycles. The molecule has 1 N–H and O–H groups in total. The first-order valence-corrected chi connectivity index (χ1v) is 6.18. The molecular weight excluding hydrogens is 214 g/mol. The normalized spacial score (nSPS) is 12.8. The zero-order chi connectivity index (χ0) is 12.8. The Hall–Kier alpha value is -1.16. The number of ether oxygens (including phenoxy) is 1. The molecule has 17 heavy (non-hydrogen) atoms. The van der Waals surface area contributed by atoms with Crippen molar-refractivity contribution in [2.45, 2.75) is 40.2 Å². The van der Waals surface area contributed by atoms with Gasteiger partial charge in [-0.2, -0.15) is 0 Å². The number of nitrogens with zero attached hydrogens (tertiary/aromatic N) is 2. The minimum atomic E-state index is 0.443. The molecule has 0 spiro atoms. The lowest BCUT2D eigenvalue weighted by Gasteiger charge is -2.22. The van der Waals surface area contributed by atoms with Gasteiger partial charge in [-0.3, -0.25) is 0 Å². The fourth-order valence-electron chi connectivity index (χ4n) is 1.89. The second-order valence-electron chi connectivity index (χ2n) is 4.57. The lowest BCUT2D eigenvalue weighted by atomic mass is 9.97. The van der Waals surface area contributed by atoms with E-state index in [0.29, 0.717) is 17.8 Å². The Kier molecular flexibility index (Phi) is 5.35. The van der Waals surface area contributed by atoms with E-state index in [4.69, 9.17) is 4.74 Å². The van der Waals surface area contributed by atoms with Gasteiger partial charge in [0.2, 0.25) is 5.88 Å². The van der Waals surface area contributed by atoms with Crippen LogP contribution in [0.3, 0.4) is 0 Å². The lowest BCUT2D eigenvalue weighted by molar-refractivity contribution is 0.384. The predicted octanol–water partition coefficient (Wildman–Crippen LogP) is 1.97. The van der Waals surface area contributed by atoms with Gasteiger partial charge in [-0.15, -0.1) is 0 Å². The molecule has 1 aromatic rings. The van der Waals surface area contributed by atoms with Crippen LogP contribution in [0, 0.1) is 12.8 Å². The molecule has 0 bridgehead atoms. The van der Waals surface area contributed by atoms with Gasteiger partial charge in [0.05, 0.1) is 12.8 Å². The van der Waals surface area contributed by atoms with Gasteiger partial charge >= 0.3 is 0 Å². The van der Waals surface area contributed by atoms with E-state index in [2.05, 4.69) is 36.1 Å². The van der Waals surface area contributed by atoms with Crippen molar-refractivity contribution in [1.29, 1.82) is 0 Å². The molecule has 0 fully saturated rings. The third kappa shape index (κ3) is 3.66. The number of hydrogen-bond acceptors (Lipinski definition) is 4. The highest BCUT2D eigenvalue weighted by atomic mass is 16.5. The van der Waals surface area contributed by atoms with Crippen LogP contribution in [0.25, 0.3) is 0 Å². The highest BCUT2D eigenvalue weighted by Gasteiger charge is 2.16. The molecule has 0 radical (unpaired) electrons. The van der Waals surface area contributed by atoms with E-state index in [1.165, 1.54) is 0 Å². The molecule has 1 rings (SSSR count). The summed E-state index contributed by atoms with van der Waals surface area (Å²) in [6.07, 6.45) is 2.49. The van der Waals surface area contributed by atoms with E-state index in [1.807, 2.05) is 6.92 Å². The van der Waals surface area contributed by atoms with Crippen molar-refractivity contribution < 1.29 is 4.74 Å². The first-order chi connectivity index (χ1) is 8.10. The Morgan fingerprint density at radius 2 is 2.06 bits per heavy atom. The Morgan fingerprint density at radius 1 is 1.35 bits per heavy atom. The van der Waals surface area contributed by atoms with Gasteiger partial charge in [-0.1, -0.05) is 20.8 Å². The van der Waals surface area contributed by atoms with Crippen LogP contribution in [0.15, 0.2) is 6.33 Å². The van der Waals surface area contributed by atoms with E-state index >= 15 is 0 Å². The van der Waals surface area contributed by atoms with Crippen LogP contribution in [-0.2, 0) is 6.42 Å². The molecule has 1 heterocycles. The van der Waals surface area contributed by atoms with Gasteiger partial charge in [-0.05, 0) is 19.4 Å². The summed E-state index contributed by atoms with van der Waals surface area (Å²) in [5.74, 6) is 1.25. The van der Waals surface area contributed by atoms with Crippen molar-refractivity contribution in [3.8, 4) is 5.88 Å². The molecule has 0 aliphatic heterocycles. The Labute approximate surface area is 104 Å². The van der Waals surface area contributed by atoms with Crippen LogP contribution in [0.2, 0.25) is 0 Å². The van der Waals surface area contributed by atoms with E-state index in [1.54, 1.807) is 13.4 Å². The Balaban J connectivity index is 2.85. The van der Waals surface area contributed by atoms with Gasteiger partial charge in [0.25, 0.3) is 0 Å². The summed E-state index contributed by atoms with van der Waals surface area (Å²) >= 11 is 0. The Morgan fingerprint density at radius 3 is 2.59 bits per heavy atom. The van der Waals surface area contributed by atoms with E-state index in [0.717, 1.165) is 24.2 Å². The van der Waals surface area contributed by atoms with Crippen molar-refractivity contribution in [3.05, 3.63) is 17.6 Å². The quantitative estimate of drug-likeness (QED) is 0.821. The number of aromatic nitrogens is 2. The first-order valence-electron chi connectivity index (χ1n) is 6.18. The highest BCUT2D eigenvalue weighted by molar-refractivity contribution is 5.28. The van der Waals surface area contributed by atoms with Crippen molar-refractivity contribution in [2.75, 3.05) is 13.7 Å². The summed E-state index contributed by atoms with van der Waals surface area (Å²) in [6, 6.07) is 0.443. The number of nitrogens with one attached hydrogen (secondary N) is 1. The molecule has 1 atom stereocenters. The topological polar surface area (TPSA) is 47.0 Å². The minimum absolute atomic E-state index is 0.443. The average Bonchev–Trinajstić information content (AvgIpc) is 2.30. The van der Waals surface area contributed by atoms with Gasteiger partial charge < -0.3 is 10.1 Å². The van der Waals surface area contributed by atoms with Crippen LogP contribution in [0.4, 0.5) is 0 Å². The molecule has 4 heteroatoms. The zero-order valence-corrected chi connectivity index (χ0v) is 11.4. The molecule has 0 saturated heterocycles. The molecule has 4 nitrogen and oxygen atoms in total. The molecule has 96 valence electrons. The second kappa shape index (κ2) is 6.55. The molecular formula is C13H23N3O. The van der Waals surface area contributed by atoms with E-state index < -0.39 is 0 Å². The summed E-state index contributed by atoms with van der Waals surface area (Å²) < 4.78 is 5.22. The summed E-state index contributed by atoms with van der Waals surface area (Å²) in [5.41, 5.74) is 2.11. The SMILES string of the molecule is CCNC(Cc1ncnc(OC)c1C)C(C)C. The molecule has 0 aliphatic carbocycles. The first kappa shape index (κ1) is 13.9. The average molecular weight is 237 g/mol. The molecule has 0 saturated carbocycles. The van der Waals surface area contributed by atoms with Gasteiger partial charge in [0.1, 0.15) is 6.33 Å². The number of hydrogen-bond donors (Lipinski definition) is 1. The van der Waals surface area contributed by atoms with Crippen LogP contribution in [0.1, 0.15) is 32.0 Å². The summed E-state index contributed by atoms with van der Waals surface area (Å²) in [5, 5.41) is 3.49. The van der Waals surface area contributed by atoms with Crippen LogP contribution < -0.4 is 10.1 Å². The summed E-state index contributed by atoms with van der Waals surface area (Å²) in [6.45, 7) is 9.56. The highest BCUT2D eigenvalue weighted by Crippen LogP contribution is 2.18. The fourth-order valence-corrected chi connectivity index (χ4v) is 1.89. The number of likely N-dealkylation sites (N-methyl/N-ethyl adjacent to an activating group) is 1. The second-order valence-corrected chi connectivity index (χ2v) is 4.57. The third-order valence-electron chi connectivity index (χ3n) is 3.02. The van der Waals surface area contributed by atoms with Gasteiger partial charge in [-0.25, -0.2) is 9.97 Å². The third-order valence-corrected chi connectivity index (χ3v) is 3.02. The van der Waals surface area contributed by atoms with Gasteiger partial charge in [0, 0.05) is 18.0 Å². The van der Waals surface area contributed by atoms with E-state index in [-0.39, 0.29) is 0 Å². The van der Waals surface area contributed by atoms with E-state index in [9.17, 15) is 0 Å². The van der Waals surface area contributed by atoms with Crippen LogP contribution >= 0.6 is 0 Å². The van der Waals surface area contributed by atoms with Crippen LogP contribution in [0.5, 0.6) is 5.88 Å². The molecule has 0 amide bonds. The van der Waals surface area contributed by atoms with Crippen molar-refractivity contribution in [1.82, 2.24) is 15.3 Å². The zero-order valence-electron chi connectivity index (χ0n) is 11.4. The van der Waals surface area contributed by atoms with Crippen LogP contribution in [-0.4, -0.2) is 29.7 Å². The van der Waals surface area contributed by atoms with Crippen molar-refractivity contribution in [3.63, 3.8) is 0 Å². The number of methoxy groups -OCH3 is 1. The maximum absolute atomic E-state index is 5.22. The van der Waals surface area contributed by atoms with Crippen molar-refractivity contribution >= 4 is 0 Å². The fraction of sp³-hybridized carbons (Fsp3) is 0.692. The largest absolute Gasteiger partial charge is 0.481 e. The summed E-state index contributed by atoms with van der Waals surface area (Å²) in [7, 11) is 1.64. The molecule has 0 aliphatic rings. The standard InChI is InChI=1S/C13H23N3O/c1-6-14-11(9(2)3)7-12-10(4)13(17-5)16-8-15-12/h8-9,11,14H,6-7H2,1-5H3.